The molecule has 0 saturated heterocycles. The van der Waals surface area contributed by atoms with Crippen molar-refractivity contribution in [1.82, 2.24) is 10.3 Å². The van der Waals surface area contributed by atoms with Gasteiger partial charge in [-0.05, 0) is 35.6 Å². The highest BCUT2D eigenvalue weighted by atomic mass is 35.5. The quantitative estimate of drug-likeness (QED) is 0.759. The molecule has 138 valence electrons. The van der Waals surface area contributed by atoms with Gasteiger partial charge in [0.05, 0.1) is 5.41 Å². The molecule has 4 nitrogen and oxygen atoms in total. The van der Waals surface area contributed by atoms with Crippen molar-refractivity contribution >= 4 is 30.7 Å². The van der Waals surface area contributed by atoms with Crippen molar-refractivity contribution in [3.63, 3.8) is 0 Å². The summed E-state index contributed by atoms with van der Waals surface area (Å²) in [4.78, 5) is 16.6. The minimum atomic E-state index is -0.449. The number of benzene rings is 1. The first-order valence-corrected chi connectivity index (χ1v) is 8.13. The first-order chi connectivity index (χ1) is 11.1. The van der Waals surface area contributed by atoms with E-state index in [-0.39, 0.29) is 30.7 Å². The Morgan fingerprint density at radius 2 is 1.72 bits per heavy atom. The zero-order valence-corrected chi connectivity index (χ0v) is 16.3. The molecule has 0 fully saturated rings. The maximum absolute atomic E-state index is 12.4. The van der Waals surface area contributed by atoms with Crippen LogP contribution in [0.2, 0.25) is 0 Å². The van der Waals surface area contributed by atoms with E-state index in [4.69, 9.17) is 5.73 Å². The van der Waals surface area contributed by atoms with Crippen LogP contribution in [0, 0.1) is 5.41 Å². The molecule has 0 aliphatic heterocycles. The summed E-state index contributed by atoms with van der Waals surface area (Å²) < 4.78 is 0. The van der Waals surface area contributed by atoms with Crippen LogP contribution in [0.4, 0.5) is 0 Å². The number of pyridine rings is 1. The molecular formula is C19H27Cl2N3O. The maximum Gasteiger partial charge on any atom is 0.227 e. The van der Waals surface area contributed by atoms with Crippen molar-refractivity contribution < 1.29 is 4.79 Å². The highest BCUT2D eigenvalue weighted by Crippen LogP contribution is 2.25. The van der Waals surface area contributed by atoms with E-state index in [0.717, 1.165) is 29.5 Å². The Morgan fingerprint density at radius 1 is 1.08 bits per heavy atom. The average Bonchev–Trinajstić information content (AvgIpc) is 2.63. The second-order valence-electron chi connectivity index (χ2n) is 5.81. The molecule has 0 saturated carbocycles. The minimum Gasteiger partial charge on any atom is -0.352 e. The van der Waals surface area contributed by atoms with Crippen molar-refractivity contribution in [2.75, 3.05) is 6.54 Å². The van der Waals surface area contributed by atoms with Crippen LogP contribution in [0.3, 0.4) is 0 Å². The third-order valence-electron chi connectivity index (χ3n) is 4.63. The largest absolute Gasteiger partial charge is 0.352 e. The van der Waals surface area contributed by atoms with Gasteiger partial charge in [-0.15, -0.1) is 24.8 Å². The lowest BCUT2D eigenvalue weighted by molar-refractivity contribution is -0.131. The first kappa shape index (κ1) is 23.4. The Bertz CT molecular complexity index is 621. The highest BCUT2D eigenvalue weighted by molar-refractivity contribution is 5.85. The van der Waals surface area contributed by atoms with Crippen molar-refractivity contribution in [3.05, 3.63) is 54.4 Å². The van der Waals surface area contributed by atoms with E-state index >= 15 is 0 Å². The SMILES string of the molecule is CCC(CC)(CN)C(=O)NCc1ccc(-c2cccnc2)cc1.Cl.Cl. The van der Waals surface area contributed by atoms with E-state index in [0.29, 0.717) is 13.1 Å². The number of amides is 1. The van der Waals surface area contributed by atoms with E-state index < -0.39 is 5.41 Å². The molecule has 1 aromatic carbocycles. The number of nitrogens with zero attached hydrogens (tertiary/aromatic N) is 1. The molecule has 3 N–H and O–H groups in total. The van der Waals surface area contributed by atoms with E-state index in [1.165, 1.54) is 0 Å². The predicted octanol–water partition coefficient (Wildman–Crippen LogP) is 3.97. The molecule has 0 atom stereocenters. The maximum atomic E-state index is 12.4. The summed E-state index contributed by atoms with van der Waals surface area (Å²) in [6, 6.07) is 12.1. The minimum absolute atomic E-state index is 0. The van der Waals surface area contributed by atoms with Crippen LogP contribution in [-0.4, -0.2) is 17.4 Å². The van der Waals surface area contributed by atoms with Crippen LogP contribution in [0.1, 0.15) is 32.3 Å². The van der Waals surface area contributed by atoms with Gasteiger partial charge in [0, 0.05) is 25.5 Å². The number of hydrogen-bond donors (Lipinski definition) is 2. The Kier molecular flexibility index (Phi) is 10.4. The molecule has 0 aliphatic carbocycles. The van der Waals surface area contributed by atoms with E-state index in [1.54, 1.807) is 6.20 Å². The molecule has 25 heavy (non-hydrogen) atoms. The number of carbonyl (C=O) groups excluding carboxylic acids is 1. The first-order valence-electron chi connectivity index (χ1n) is 8.13. The number of nitrogens with two attached hydrogens (primary N) is 1. The van der Waals surface area contributed by atoms with Gasteiger partial charge < -0.3 is 11.1 Å². The Labute approximate surface area is 162 Å². The molecule has 0 spiro atoms. The van der Waals surface area contributed by atoms with E-state index in [2.05, 4.69) is 10.3 Å². The lowest BCUT2D eigenvalue weighted by atomic mass is 9.81. The van der Waals surface area contributed by atoms with Crippen LogP contribution in [0.25, 0.3) is 11.1 Å². The summed E-state index contributed by atoms with van der Waals surface area (Å²) in [7, 11) is 0. The van der Waals surface area contributed by atoms with Gasteiger partial charge >= 0.3 is 0 Å². The third kappa shape index (κ3) is 5.70. The predicted molar refractivity (Wildman–Crippen MR) is 108 cm³/mol. The molecule has 1 aromatic heterocycles. The van der Waals surface area contributed by atoms with Gasteiger partial charge in [0.1, 0.15) is 0 Å². The van der Waals surface area contributed by atoms with E-state index in [1.807, 2.05) is 56.4 Å². The second kappa shape index (κ2) is 11.1. The Morgan fingerprint density at radius 3 is 2.20 bits per heavy atom. The van der Waals surface area contributed by atoms with Gasteiger partial charge in [0.25, 0.3) is 0 Å². The molecule has 2 rings (SSSR count). The van der Waals surface area contributed by atoms with Gasteiger partial charge in [0.15, 0.2) is 0 Å². The summed E-state index contributed by atoms with van der Waals surface area (Å²) >= 11 is 0. The molecule has 6 heteroatoms. The normalized spacial score (nSPS) is 10.4. The summed E-state index contributed by atoms with van der Waals surface area (Å²) in [5, 5.41) is 3.02. The van der Waals surface area contributed by atoms with Crippen molar-refractivity contribution in [1.29, 1.82) is 0 Å². The lowest BCUT2D eigenvalue weighted by Gasteiger charge is -2.28. The zero-order valence-electron chi connectivity index (χ0n) is 14.7. The van der Waals surface area contributed by atoms with Crippen LogP contribution >= 0.6 is 24.8 Å². The lowest BCUT2D eigenvalue weighted by Crippen LogP contribution is -2.45. The Hall–Kier alpha value is -1.62. The summed E-state index contributed by atoms with van der Waals surface area (Å²) in [6.45, 7) is 4.93. The molecule has 0 aliphatic rings. The fourth-order valence-electron chi connectivity index (χ4n) is 2.67. The number of nitrogens with one attached hydrogen (secondary N) is 1. The fourth-order valence-corrected chi connectivity index (χ4v) is 2.67. The number of rotatable bonds is 7. The fraction of sp³-hybridized carbons (Fsp3) is 0.368. The number of aromatic nitrogens is 1. The second-order valence-corrected chi connectivity index (χ2v) is 5.81. The smallest absolute Gasteiger partial charge is 0.227 e. The molecule has 0 radical (unpaired) electrons. The third-order valence-corrected chi connectivity index (χ3v) is 4.63. The number of hydrogen-bond acceptors (Lipinski definition) is 3. The molecule has 0 bridgehead atoms. The topological polar surface area (TPSA) is 68.0 Å². The molecule has 2 aromatic rings. The molecular weight excluding hydrogens is 357 g/mol. The Balaban J connectivity index is 0.00000288. The number of carbonyl (C=O) groups is 1. The number of halogens is 2. The van der Waals surface area contributed by atoms with Crippen molar-refractivity contribution in [3.8, 4) is 11.1 Å². The van der Waals surface area contributed by atoms with Gasteiger partial charge in [-0.2, -0.15) is 0 Å². The van der Waals surface area contributed by atoms with Crippen LogP contribution in [0.15, 0.2) is 48.8 Å². The summed E-state index contributed by atoms with van der Waals surface area (Å²) in [5.74, 6) is 0.0429. The molecule has 1 heterocycles. The van der Waals surface area contributed by atoms with Crippen LogP contribution in [-0.2, 0) is 11.3 Å². The van der Waals surface area contributed by atoms with Crippen LogP contribution < -0.4 is 11.1 Å². The molecule has 0 unspecified atom stereocenters. The van der Waals surface area contributed by atoms with Crippen LogP contribution in [0.5, 0.6) is 0 Å². The zero-order chi connectivity index (χ0) is 16.7. The van der Waals surface area contributed by atoms with Crippen molar-refractivity contribution in [2.24, 2.45) is 11.1 Å². The van der Waals surface area contributed by atoms with E-state index in [9.17, 15) is 4.79 Å². The highest BCUT2D eigenvalue weighted by Gasteiger charge is 2.32. The molecule has 1 amide bonds. The van der Waals surface area contributed by atoms with Gasteiger partial charge in [-0.3, -0.25) is 9.78 Å². The van der Waals surface area contributed by atoms with Gasteiger partial charge in [-0.25, -0.2) is 0 Å². The van der Waals surface area contributed by atoms with Gasteiger partial charge in [0.2, 0.25) is 5.91 Å². The summed E-state index contributed by atoms with van der Waals surface area (Å²) in [5.41, 5.74) is 8.64. The monoisotopic (exact) mass is 383 g/mol. The van der Waals surface area contributed by atoms with Crippen molar-refractivity contribution in [2.45, 2.75) is 33.2 Å². The van der Waals surface area contributed by atoms with Gasteiger partial charge in [-0.1, -0.05) is 44.2 Å². The standard InChI is InChI=1S/C19H25N3O.2ClH/c1-3-19(4-2,14-20)18(23)22-12-15-7-9-16(10-8-15)17-6-5-11-21-13-17;;/h5-11,13H,3-4,12,14,20H2,1-2H3,(H,22,23);2*1H. The summed E-state index contributed by atoms with van der Waals surface area (Å²) in [6.07, 6.45) is 5.12. The average molecular weight is 384 g/mol.